The summed E-state index contributed by atoms with van der Waals surface area (Å²) in [5.41, 5.74) is 3.47. The number of benzene rings is 1. The predicted molar refractivity (Wildman–Crippen MR) is 101 cm³/mol. The van der Waals surface area contributed by atoms with Crippen molar-refractivity contribution in [3.8, 4) is 11.4 Å². The van der Waals surface area contributed by atoms with Crippen LogP contribution in [0.25, 0.3) is 11.4 Å². The number of aryl methyl sites for hydroxylation is 1. The molecule has 2 atom stereocenters. The summed E-state index contributed by atoms with van der Waals surface area (Å²) in [6, 6.07) is 10.4. The fourth-order valence-electron chi connectivity index (χ4n) is 4.71. The van der Waals surface area contributed by atoms with E-state index in [4.69, 9.17) is 9.97 Å². The molecule has 2 aromatic rings. The number of carbonyl (C=O) groups is 1. The molecule has 5 nitrogen and oxygen atoms in total. The van der Waals surface area contributed by atoms with Gasteiger partial charge in [0.2, 0.25) is 5.91 Å². The van der Waals surface area contributed by atoms with E-state index in [2.05, 4.69) is 21.9 Å². The first kappa shape index (κ1) is 15.8. The molecule has 1 aromatic carbocycles. The third-order valence-corrected chi connectivity index (χ3v) is 6.11. The molecule has 3 heterocycles. The van der Waals surface area contributed by atoms with Crippen LogP contribution in [0, 0.1) is 0 Å². The number of nitrogens with zero attached hydrogens (tertiary/aromatic N) is 4. The van der Waals surface area contributed by atoms with Gasteiger partial charge in [-0.1, -0.05) is 30.3 Å². The van der Waals surface area contributed by atoms with Crippen LogP contribution in [0.1, 0.15) is 37.4 Å². The van der Waals surface area contributed by atoms with Gasteiger partial charge in [0.15, 0.2) is 5.82 Å². The van der Waals surface area contributed by atoms with E-state index >= 15 is 0 Å². The topological polar surface area (TPSA) is 49.3 Å². The molecule has 3 aliphatic rings. The van der Waals surface area contributed by atoms with Crippen LogP contribution in [-0.4, -0.2) is 45.9 Å². The molecule has 0 saturated carbocycles. The van der Waals surface area contributed by atoms with Gasteiger partial charge in [0.05, 0.1) is 0 Å². The number of hydrogen-bond acceptors (Lipinski definition) is 4. The first-order chi connectivity index (χ1) is 12.7. The summed E-state index contributed by atoms with van der Waals surface area (Å²) >= 11 is 0. The quantitative estimate of drug-likeness (QED) is 0.837. The number of rotatable bonds is 2. The van der Waals surface area contributed by atoms with Crippen LogP contribution in [0.15, 0.2) is 30.3 Å². The molecule has 1 amide bonds. The van der Waals surface area contributed by atoms with Crippen LogP contribution in [-0.2, 0) is 17.6 Å². The molecule has 5 heteroatoms. The molecule has 2 saturated heterocycles. The molecular weight excluding hydrogens is 324 g/mol. The largest absolute Gasteiger partial charge is 0.342 e. The van der Waals surface area contributed by atoms with E-state index in [9.17, 15) is 4.79 Å². The number of anilines is 1. The summed E-state index contributed by atoms with van der Waals surface area (Å²) in [4.78, 5) is 27.1. The smallest absolute Gasteiger partial charge is 0.245 e. The lowest BCUT2D eigenvalue weighted by Gasteiger charge is -2.42. The molecule has 0 radical (unpaired) electrons. The molecule has 5 rings (SSSR count). The molecule has 134 valence electrons. The molecule has 26 heavy (non-hydrogen) atoms. The van der Waals surface area contributed by atoms with E-state index < -0.39 is 0 Å². The first-order valence-electron chi connectivity index (χ1n) is 9.74. The SMILES string of the molecule is C[C@@H]1C(=O)N2CCC[C@H]2CN1c1nc(-c2ccccc2)nc2c1CCC2. The van der Waals surface area contributed by atoms with Crippen molar-refractivity contribution in [2.75, 3.05) is 18.0 Å². The summed E-state index contributed by atoms with van der Waals surface area (Å²) < 4.78 is 0. The highest BCUT2D eigenvalue weighted by Crippen LogP contribution is 2.35. The van der Waals surface area contributed by atoms with Gasteiger partial charge in [0, 0.05) is 36.0 Å². The summed E-state index contributed by atoms with van der Waals surface area (Å²) in [6.45, 7) is 3.84. The molecule has 0 bridgehead atoms. The molecule has 2 aliphatic heterocycles. The van der Waals surface area contributed by atoms with Crippen molar-refractivity contribution in [1.82, 2.24) is 14.9 Å². The maximum Gasteiger partial charge on any atom is 0.245 e. The van der Waals surface area contributed by atoms with E-state index in [0.717, 1.165) is 62.4 Å². The maximum atomic E-state index is 12.9. The van der Waals surface area contributed by atoms with Crippen molar-refractivity contribution < 1.29 is 4.79 Å². The number of piperazine rings is 1. The average molecular weight is 348 g/mol. The van der Waals surface area contributed by atoms with Gasteiger partial charge < -0.3 is 9.80 Å². The minimum absolute atomic E-state index is 0.146. The van der Waals surface area contributed by atoms with Crippen molar-refractivity contribution in [1.29, 1.82) is 0 Å². The van der Waals surface area contributed by atoms with Gasteiger partial charge >= 0.3 is 0 Å². The standard InChI is InChI=1S/C21H24N4O/c1-14-21(26)24-12-6-9-16(24)13-25(14)20-17-10-5-11-18(17)22-19(23-20)15-7-3-2-4-8-15/h2-4,7-8,14,16H,5-6,9-13H2,1H3/t14-,16+/m1/s1. The van der Waals surface area contributed by atoms with Gasteiger partial charge in [-0.05, 0) is 39.0 Å². The Morgan fingerprint density at radius 1 is 1.04 bits per heavy atom. The first-order valence-corrected chi connectivity index (χ1v) is 9.74. The fourth-order valence-corrected chi connectivity index (χ4v) is 4.71. The Labute approximate surface area is 154 Å². The number of aromatic nitrogens is 2. The Bertz CT molecular complexity index is 851. The van der Waals surface area contributed by atoms with E-state index in [-0.39, 0.29) is 11.9 Å². The predicted octanol–water partition coefficient (Wildman–Crippen LogP) is 2.83. The minimum Gasteiger partial charge on any atom is -0.342 e. The Morgan fingerprint density at radius 3 is 2.73 bits per heavy atom. The van der Waals surface area contributed by atoms with Gasteiger partial charge in [0.1, 0.15) is 11.9 Å². The molecule has 0 spiro atoms. The third-order valence-electron chi connectivity index (χ3n) is 6.11. The van der Waals surface area contributed by atoms with Gasteiger partial charge in [-0.15, -0.1) is 0 Å². The normalized spacial score (nSPS) is 24.7. The lowest BCUT2D eigenvalue weighted by atomic mass is 10.1. The van der Waals surface area contributed by atoms with Crippen LogP contribution in [0.3, 0.4) is 0 Å². The molecule has 1 aliphatic carbocycles. The average Bonchev–Trinajstić information content (AvgIpc) is 3.33. The van der Waals surface area contributed by atoms with Crippen molar-refractivity contribution in [3.63, 3.8) is 0 Å². The van der Waals surface area contributed by atoms with Crippen molar-refractivity contribution in [3.05, 3.63) is 41.6 Å². The Hall–Kier alpha value is -2.43. The number of hydrogen-bond donors (Lipinski definition) is 0. The van der Waals surface area contributed by atoms with E-state index in [1.54, 1.807) is 0 Å². The number of fused-ring (bicyclic) bond motifs is 2. The van der Waals surface area contributed by atoms with Crippen molar-refractivity contribution in [2.45, 2.75) is 51.1 Å². The Balaban J connectivity index is 1.60. The fraction of sp³-hybridized carbons (Fsp3) is 0.476. The summed E-state index contributed by atoms with van der Waals surface area (Å²) in [5, 5.41) is 0. The van der Waals surface area contributed by atoms with Crippen molar-refractivity contribution in [2.24, 2.45) is 0 Å². The molecule has 2 fully saturated rings. The minimum atomic E-state index is -0.146. The monoisotopic (exact) mass is 348 g/mol. The van der Waals surface area contributed by atoms with Crippen LogP contribution < -0.4 is 4.90 Å². The lowest BCUT2D eigenvalue weighted by Crippen LogP contribution is -2.59. The zero-order valence-corrected chi connectivity index (χ0v) is 15.2. The van der Waals surface area contributed by atoms with Crippen LogP contribution in [0.2, 0.25) is 0 Å². The van der Waals surface area contributed by atoms with Gasteiger partial charge in [-0.2, -0.15) is 0 Å². The van der Waals surface area contributed by atoms with Gasteiger partial charge in [-0.25, -0.2) is 9.97 Å². The van der Waals surface area contributed by atoms with E-state index in [0.29, 0.717) is 6.04 Å². The number of amides is 1. The lowest BCUT2D eigenvalue weighted by molar-refractivity contribution is -0.134. The van der Waals surface area contributed by atoms with Gasteiger partial charge in [-0.3, -0.25) is 4.79 Å². The summed E-state index contributed by atoms with van der Waals surface area (Å²) in [7, 11) is 0. The van der Waals surface area contributed by atoms with E-state index in [1.165, 1.54) is 11.3 Å². The maximum absolute atomic E-state index is 12.9. The third kappa shape index (κ3) is 2.41. The molecule has 1 aromatic heterocycles. The van der Waals surface area contributed by atoms with Crippen molar-refractivity contribution >= 4 is 11.7 Å². The second kappa shape index (κ2) is 6.08. The Morgan fingerprint density at radius 2 is 1.88 bits per heavy atom. The summed E-state index contributed by atoms with van der Waals surface area (Å²) in [6.07, 6.45) is 5.38. The second-order valence-electron chi connectivity index (χ2n) is 7.67. The van der Waals surface area contributed by atoms with Crippen LogP contribution in [0.5, 0.6) is 0 Å². The summed E-state index contributed by atoms with van der Waals surface area (Å²) in [5.74, 6) is 2.04. The van der Waals surface area contributed by atoms with Crippen LogP contribution in [0.4, 0.5) is 5.82 Å². The van der Waals surface area contributed by atoms with Crippen LogP contribution >= 0.6 is 0 Å². The van der Waals surface area contributed by atoms with E-state index in [1.807, 2.05) is 25.1 Å². The molecule has 0 unspecified atom stereocenters. The highest BCUT2D eigenvalue weighted by molar-refractivity contribution is 5.87. The highest BCUT2D eigenvalue weighted by atomic mass is 16.2. The number of carbonyl (C=O) groups excluding carboxylic acids is 1. The zero-order chi connectivity index (χ0) is 17.7. The molecule has 0 N–H and O–H groups in total. The van der Waals surface area contributed by atoms with Gasteiger partial charge in [0.25, 0.3) is 0 Å². The molecular formula is C21H24N4O. The zero-order valence-electron chi connectivity index (χ0n) is 15.2. The second-order valence-corrected chi connectivity index (χ2v) is 7.67. The Kier molecular flexibility index (Phi) is 3.69. The highest BCUT2D eigenvalue weighted by Gasteiger charge is 2.42.